The van der Waals surface area contributed by atoms with Crippen molar-refractivity contribution in [2.45, 2.75) is 26.8 Å². The van der Waals surface area contributed by atoms with Gasteiger partial charge in [-0.15, -0.1) is 0 Å². The Morgan fingerprint density at radius 2 is 2.10 bits per heavy atom. The second-order valence-electron chi connectivity index (χ2n) is 4.66. The van der Waals surface area contributed by atoms with Gasteiger partial charge < -0.3 is 15.0 Å². The van der Waals surface area contributed by atoms with E-state index in [4.69, 9.17) is 15.7 Å². The Kier molecular flexibility index (Phi) is 4.31. The van der Waals surface area contributed by atoms with Crippen LogP contribution in [0.4, 0.5) is 5.69 Å². The van der Waals surface area contributed by atoms with E-state index in [2.05, 4.69) is 6.07 Å². The Morgan fingerprint density at radius 3 is 2.75 bits per heavy atom. The van der Waals surface area contributed by atoms with Crippen molar-refractivity contribution in [3.63, 3.8) is 0 Å². The van der Waals surface area contributed by atoms with Crippen molar-refractivity contribution >= 4 is 5.69 Å². The highest BCUT2D eigenvalue weighted by molar-refractivity contribution is 5.50. The summed E-state index contributed by atoms with van der Waals surface area (Å²) >= 11 is 0. The van der Waals surface area contributed by atoms with E-state index in [0.717, 1.165) is 23.4 Å². The third kappa shape index (κ3) is 2.77. The summed E-state index contributed by atoms with van der Waals surface area (Å²) in [6.07, 6.45) is 0.803. The number of anilines is 1. The minimum atomic E-state index is 0.515. The van der Waals surface area contributed by atoms with Crippen LogP contribution in [0.1, 0.15) is 23.9 Å². The first kappa shape index (κ1) is 14.0. The molecule has 0 radical (unpaired) electrons. The number of ether oxygens (including phenoxy) is 1. The SMILES string of the molecule is CCc1c(N)cc(C#N)n1CCOc1ccccc1C. The Balaban J connectivity index is 2.08. The fourth-order valence-corrected chi connectivity index (χ4v) is 2.32. The molecule has 0 unspecified atom stereocenters. The smallest absolute Gasteiger partial charge is 0.122 e. The largest absolute Gasteiger partial charge is 0.491 e. The van der Waals surface area contributed by atoms with Gasteiger partial charge in [0.15, 0.2) is 0 Å². The normalized spacial score (nSPS) is 10.2. The van der Waals surface area contributed by atoms with Crippen molar-refractivity contribution in [1.82, 2.24) is 4.57 Å². The predicted octanol–water partition coefficient (Wildman–Crippen LogP) is 2.89. The molecule has 1 aromatic carbocycles. The second kappa shape index (κ2) is 6.16. The first-order valence-corrected chi connectivity index (χ1v) is 6.73. The molecule has 0 atom stereocenters. The van der Waals surface area contributed by atoms with Crippen molar-refractivity contribution < 1.29 is 4.74 Å². The number of aryl methyl sites for hydroxylation is 1. The zero-order chi connectivity index (χ0) is 14.5. The van der Waals surface area contributed by atoms with E-state index in [1.165, 1.54) is 0 Å². The van der Waals surface area contributed by atoms with Crippen LogP contribution in [-0.4, -0.2) is 11.2 Å². The van der Waals surface area contributed by atoms with Gasteiger partial charge in [-0.25, -0.2) is 0 Å². The molecule has 0 fully saturated rings. The van der Waals surface area contributed by atoms with Gasteiger partial charge in [-0.2, -0.15) is 5.26 Å². The molecule has 1 aromatic heterocycles. The molecule has 0 spiro atoms. The van der Waals surface area contributed by atoms with Crippen LogP contribution in [0.2, 0.25) is 0 Å². The summed E-state index contributed by atoms with van der Waals surface area (Å²) < 4.78 is 7.72. The molecule has 0 aliphatic carbocycles. The number of hydrogen-bond donors (Lipinski definition) is 1. The summed E-state index contributed by atoms with van der Waals surface area (Å²) in [5, 5.41) is 9.15. The highest BCUT2D eigenvalue weighted by Crippen LogP contribution is 2.20. The van der Waals surface area contributed by atoms with E-state index in [-0.39, 0.29) is 0 Å². The number of hydrogen-bond acceptors (Lipinski definition) is 3. The van der Waals surface area contributed by atoms with Gasteiger partial charge in [-0.05, 0) is 31.0 Å². The molecule has 2 aromatic rings. The Hall–Kier alpha value is -2.41. The van der Waals surface area contributed by atoms with Crippen LogP contribution < -0.4 is 10.5 Å². The van der Waals surface area contributed by atoms with E-state index in [0.29, 0.717) is 24.5 Å². The zero-order valence-corrected chi connectivity index (χ0v) is 11.9. The first-order valence-electron chi connectivity index (χ1n) is 6.73. The van der Waals surface area contributed by atoms with Gasteiger partial charge in [-0.1, -0.05) is 25.1 Å². The van der Waals surface area contributed by atoms with E-state index in [1.807, 2.05) is 42.7 Å². The van der Waals surface area contributed by atoms with Crippen LogP contribution in [0.25, 0.3) is 0 Å². The number of nitrogens with zero attached hydrogens (tertiary/aromatic N) is 2. The number of benzene rings is 1. The van der Waals surface area contributed by atoms with Gasteiger partial charge in [0.1, 0.15) is 24.1 Å². The van der Waals surface area contributed by atoms with Crippen LogP contribution in [0, 0.1) is 18.3 Å². The van der Waals surface area contributed by atoms with E-state index < -0.39 is 0 Å². The quantitative estimate of drug-likeness (QED) is 0.907. The molecule has 2 N–H and O–H groups in total. The van der Waals surface area contributed by atoms with Crippen molar-refractivity contribution in [1.29, 1.82) is 5.26 Å². The van der Waals surface area contributed by atoms with Crippen LogP contribution in [0.15, 0.2) is 30.3 Å². The maximum Gasteiger partial charge on any atom is 0.122 e. The third-order valence-electron chi connectivity index (χ3n) is 3.36. The fourth-order valence-electron chi connectivity index (χ4n) is 2.32. The molecular formula is C16H19N3O. The number of aromatic nitrogens is 1. The zero-order valence-electron chi connectivity index (χ0n) is 11.9. The summed E-state index contributed by atoms with van der Waals surface area (Å²) in [5.74, 6) is 0.879. The van der Waals surface area contributed by atoms with E-state index >= 15 is 0 Å². The maximum absolute atomic E-state index is 9.15. The standard InChI is InChI=1S/C16H19N3O/c1-3-15-14(18)10-13(11-17)19(15)8-9-20-16-7-5-4-6-12(16)2/h4-7,10H,3,8-9,18H2,1-2H3. The lowest BCUT2D eigenvalue weighted by Gasteiger charge is -2.12. The number of nitrogen functional groups attached to an aromatic ring is 1. The lowest BCUT2D eigenvalue weighted by Crippen LogP contribution is -2.13. The van der Waals surface area contributed by atoms with E-state index in [1.54, 1.807) is 6.07 Å². The molecule has 20 heavy (non-hydrogen) atoms. The molecule has 0 saturated carbocycles. The molecule has 0 saturated heterocycles. The highest BCUT2D eigenvalue weighted by atomic mass is 16.5. The minimum Gasteiger partial charge on any atom is -0.491 e. The Morgan fingerprint density at radius 1 is 1.35 bits per heavy atom. The van der Waals surface area contributed by atoms with Crippen molar-refractivity contribution in [2.75, 3.05) is 12.3 Å². The van der Waals surface area contributed by atoms with Gasteiger partial charge in [0, 0.05) is 5.69 Å². The van der Waals surface area contributed by atoms with Crippen molar-refractivity contribution in [2.24, 2.45) is 0 Å². The summed E-state index contributed by atoms with van der Waals surface area (Å²) in [5.41, 5.74) is 9.30. The van der Waals surface area contributed by atoms with Gasteiger partial charge in [0.2, 0.25) is 0 Å². The second-order valence-corrected chi connectivity index (χ2v) is 4.66. The summed E-state index contributed by atoms with van der Waals surface area (Å²) in [6.45, 7) is 5.19. The van der Waals surface area contributed by atoms with Crippen LogP contribution in [0.5, 0.6) is 5.75 Å². The monoisotopic (exact) mass is 269 g/mol. The number of nitrogens with two attached hydrogens (primary N) is 1. The van der Waals surface area contributed by atoms with Crippen molar-refractivity contribution in [3.05, 3.63) is 47.3 Å². The van der Waals surface area contributed by atoms with Gasteiger partial charge >= 0.3 is 0 Å². The van der Waals surface area contributed by atoms with Gasteiger partial charge in [0.25, 0.3) is 0 Å². The van der Waals surface area contributed by atoms with Crippen molar-refractivity contribution in [3.8, 4) is 11.8 Å². The summed E-state index contributed by atoms with van der Waals surface area (Å²) in [4.78, 5) is 0. The summed E-state index contributed by atoms with van der Waals surface area (Å²) in [7, 11) is 0. The lowest BCUT2D eigenvalue weighted by molar-refractivity contribution is 0.294. The topological polar surface area (TPSA) is 64.0 Å². The molecule has 0 bridgehead atoms. The minimum absolute atomic E-state index is 0.515. The van der Waals surface area contributed by atoms with Gasteiger partial charge in [0.05, 0.1) is 12.2 Å². The van der Waals surface area contributed by atoms with E-state index in [9.17, 15) is 0 Å². The highest BCUT2D eigenvalue weighted by Gasteiger charge is 2.11. The van der Waals surface area contributed by atoms with Crippen LogP contribution in [-0.2, 0) is 13.0 Å². The molecular weight excluding hydrogens is 250 g/mol. The number of rotatable bonds is 5. The van der Waals surface area contributed by atoms with Crippen LogP contribution >= 0.6 is 0 Å². The first-order chi connectivity index (χ1) is 9.67. The average Bonchev–Trinajstić information content (AvgIpc) is 2.76. The maximum atomic E-state index is 9.15. The molecule has 104 valence electrons. The third-order valence-corrected chi connectivity index (χ3v) is 3.36. The number of nitriles is 1. The average molecular weight is 269 g/mol. The molecule has 1 heterocycles. The molecule has 4 nitrogen and oxygen atoms in total. The fraction of sp³-hybridized carbons (Fsp3) is 0.312. The molecule has 0 aliphatic rings. The Bertz CT molecular complexity index is 638. The number of para-hydroxylation sites is 1. The molecule has 0 aliphatic heterocycles. The molecule has 4 heteroatoms. The molecule has 0 amide bonds. The Labute approximate surface area is 119 Å². The van der Waals surface area contributed by atoms with Gasteiger partial charge in [-0.3, -0.25) is 0 Å². The predicted molar refractivity (Wildman–Crippen MR) is 79.6 cm³/mol. The lowest BCUT2D eigenvalue weighted by atomic mass is 10.2. The van der Waals surface area contributed by atoms with Crippen LogP contribution in [0.3, 0.4) is 0 Å². The summed E-state index contributed by atoms with van der Waals surface area (Å²) in [6, 6.07) is 11.8. The molecule has 2 rings (SSSR count).